The van der Waals surface area contributed by atoms with Gasteiger partial charge in [-0.15, -0.1) is 5.92 Å². The predicted molar refractivity (Wildman–Crippen MR) is 88.6 cm³/mol. The largest absolute Gasteiger partial charge is 2.00 e. The van der Waals surface area contributed by atoms with Gasteiger partial charge in [-0.3, -0.25) is 0 Å². The first kappa shape index (κ1) is 23.0. The van der Waals surface area contributed by atoms with Crippen molar-refractivity contribution in [2.75, 3.05) is 6.61 Å². The summed E-state index contributed by atoms with van der Waals surface area (Å²) in [6.45, 7) is 8.23. The van der Waals surface area contributed by atoms with Gasteiger partial charge in [-0.2, -0.15) is 0 Å². The number of ether oxygens (including phenoxy) is 2. The molecule has 1 rings (SSSR count). The van der Waals surface area contributed by atoms with Crippen LogP contribution in [0, 0.1) is 43.6 Å². The summed E-state index contributed by atoms with van der Waals surface area (Å²) in [4.78, 5) is 0. The molecule has 0 amide bonds. The second-order valence-electron chi connectivity index (χ2n) is 4.75. The SMILES string of the molecule is [B][Si](C)OCC(C)[CH-]OC(C)OCc1c(Cl)cccc1Cl.[U+2]. The van der Waals surface area contributed by atoms with Crippen molar-refractivity contribution in [1.82, 2.24) is 0 Å². The monoisotopic (exact) mass is 582 g/mol. The van der Waals surface area contributed by atoms with E-state index in [-0.39, 0.29) is 37.0 Å². The van der Waals surface area contributed by atoms with Gasteiger partial charge in [0.2, 0.25) is 0 Å². The van der Waals surface area contributed by atoms with Crippen LogP contribution in [0.25, 0.3) is 0 Å². The van der Waals surface area contributed by atoms with Gasteiger partial charge in [-0.25, -0.2) is 6.61 Å². The smallest absolute Gasteiger partial charge is 0.529 e. The van der Waals surface area contributed by atoms with E-state index in [0.29, 0.717) is 23.3 Å². The zero-order valence-corrected chi connectivity index (χ0v) is 19.6. The van der Waals surface area contributed by atoms with Crippen molar-refractivity contribution >= 4 is 39.6 Å². The van der Waals surface area contributed by atoms with Crippen molar-refractivity contribution < 1.29 is 45.0 Å². The molecule has 1 aromatic carbocycles. The molecule has 0 heterocycles. The second-order valence-corrected chi connectivity index (χ2v) is 7.07. The molecule has 8 heteroatoms. The molecule has 0 saturated carbocycles. The third kappa shape index (κ3) is 9.34. The Morgan fingerprint density at radius 3 is 2.41 bits per heavy atom. The molecule has 1 aromatic rings. The van der Waals surface area contributed by atoms with Crippen molar-refractivity contribution in [1.29, 1.82) is 0 Å². The van der Waals surface area contributed by atoms with Gasteiger partial charge in [-0.1, -0.05) is 42.7 Å². The van der Waals surface area contributed by atoms with E-state index in [9.17, 15) is 0 Å². The molecular weight excluding hydrogens is 564 g/mol. The molecule has 0 saturated heterocycles. The molecule has 0 aliphatic rings. The molecule has 3 nitrogen and oxygen atoms in total. The van der Waals surface area contributed by atoms with Crippen LogP contribution < -0.4 is 0 Å². The summed E-state index contributed by atoms with van der Waals surface area (Å²) in [5.74, 6) is 0.142. The van der Waals surface area contributed by atoms with E-state index in [4.69, 9.17) is 44.5 Å². The number of hydrogen-bond donors (Lipinski definition) is 0. The third-order valence-electron chi connectivity index (χ3n) is 2.60. The Kier molecular flexibility index (Phi) is 13.0. The van der Waals surface area contributed by atoms with Crippen molar-refractivity contribution in [2.24, 2.45) is 5.92 Å². The average Bonchev–Trinajstić information content (AvgIpc) is 2.42. The Hall–Kier alpha value is 1.01. The Bertz CT molecular complexity index is 420. The van der Waals surface area contributed by atoms with Gasteiger partial charge in [-0.05, 0) is 19.1 Å². The molecule has 2 atom stereocenters. The molecule has 3 radical (unpaired) electrons. The van der Waals surface area contributed by atoms with Gasteiger partial charge in [0.15, 0.2) is 8.91 Å². The van der Waals surface area contributed by atoms with Crippen LogP contribution in [0.3, 0.4) is 0 Å². The molecule has 22 heavy (non-hydrogen) atoms. The fourth-order valence-electron chi connectivity index (χ4n) is 1.46. The number of rotatable bonds is 9. The van der Waals surface area contributed by atoms with Crippen LogP contribution in [-0.4, -0.2) is 29.2 Å². The van der Waals surface area contributed by atoms with E-state index < -0.39 is 15.2 Å². The summed E-state index contributed by atoms with van der Waals surface area (Å²) in [5.41, 5.74) is 0.758. The maximum absolute atomic E-state index is 6.07. The molecule has 0 aliphatic heterocycles. The summed E-state index contributed by atoms with van der Waals surface area (Å²) < 4.78 is 16.5. The standard InChI is InChI=1S/C14H19BCl2O3Si.U/c1-10(8-20-21(3)15)7-18-11(2)19-9-12-13(16)5-4-6-14(12)17;/h4-7,10-11H,8-9H2,1-3H3;/q-1;+2. The van der Waals surface area contributed by atoms with Gasteiger partial charge in [0.1, 0.15) is 6.29 Å². The van der Waals surface area contributed by atoms with Gasteiger partial charge < -0.3 is 13.9 Å². The Balaban J connectivity index is 0.00000441. The first-order chi connectivity index (χ1) is 9.90. The van der Waals surface area contributed by atoms with Crippen LogP contribution in [0.1, 0.15) is 19.4 Å². The number of benzene rings is 1. The Morgan fingerprint density at radius 1 is 1.27 bits per heavy atom. The average molecular weight is 583 g/mol. The fraction of sp³-hybridized carbons (Fsp3) is 0.500. The van der Waals surface area contributed by atoms with E-state index in [0.717, 1.165) is 5.56 Å². The third-order valence-corrected chi connectivity index (χ3v) is 3.93. The van der Waals surface area contributed by atoms with E-state index in [1.54, 1.807) is 24.8 Å². The van der Waals surface area contributed by atoms with Gasteiger partial charge in [0.05, 0.1) is 14.0 Å². The van der Waals surface area contributed by atoms with E-state index in [1.807, 2.05) is 20.4 Å². The van der Waals surface area contributed by atoms with Crippen LogP contribution in [0.4, 0.5) is 0 Å². The number of hydrogen-bond acceptors (Lipinski definition) is 3. The van der Waals surface area contributed by atoms with Gasteiger partial charge in [0.25, 0.3) is 0 Å². The molecule has 2 unspecified atom stereocenters. The van der Waals surface area contributed by atoms with E-state index >= 15 is 0 Å². The Morgan fingerprint density at radius 2 is 1.86 bits per heavy atom. The van der Waals surface area contributed by atoms with Crippen molar-refractivity contribution in [3.05, 3.63) is 40.4 Å². The van der Waals surface area contributed by atoms with E-state index in [2.05, 4.69) is 0 Å². The van der Waals surface area contributed by atoms with E-state index in [1.165, 1.54) is 0 Å². The topological polar surface area (TPSA) is 27.7 Å². The zero-order valence-electron chi connectivity index (χ0n) is 12.9. The van der Waals surface area contributed by atoms with Crippen molar-refractivity contribution in [3.8, 4) is 0 Å². The maximum Gasteiger partial charge on any atom is 2.00 e. The van der Waals surface area contributed by atoms with Crippen LogP contribution >= 0.6 is 23.2 Å². The summed E-state index contributed by atoms with van der Waals surface area (Å²) in [7, 11) is 4.45. The zero-order chi connectivity index (χ0) is 15.8. The minimum Gasteiger partial charge on any atom is -0.529 e. The fourth-order valence-corrected chi connectivity index (χ4v) is 2.49. The van der Waals surface area contributed by atoms with Crippen molar-refractivity contribution in [2.45, 2.75) is 33.3 Å². The number of halogens is 2. The molecule has 0 N–H and O–H groups in total. The normalized spacial score (nSPS) is 13.7. The first-order valence-corrected chi connectivity index (χ1v) is 9.39. The quantitative estimate of drug-likeness (QED) is 0.251. The van der Waals surface area contributed by atoms with Gasteiger partial charge >= 0.3 is 31.1 Å². The molecule has 0 bridgehead atoms. The first-order valence-electron chi connectivity index (χ1n) is 6.65. The summed E-state index contributed by atoms with van der Waals surface area (Å²) in [6, 6.07) is 5.35. The predicted octanol–water partition coefficient (Wildman–Crippen LogP) is 3.97. The molecular formula is C14H19BCl2O3SiU+. The van der Waals surface area contributed by atoms with Crippen LogP contribution in [0.15, 0.2) is 18.2 Å². The summed E-state index contributed by atoms with van der Waals surface area (Å²) >= 11 is 12.1. The van der Waals surface area contributed by atoms with Gasteiger partial charge in [0, 0.05) is 22.2 Å². The minimum atomic E-state index is -1.16. The maximum atomic E-state index is 6.07. The van der Waals surface area contributed by atoms with Crippen LogP contribution in [-0.2, 0) is 20.5 Å². The Labute approximate surface area is 169 Å². The minimum absolute atomic E-state index is 0. The molecule has 117 valence electrons. The molecule has 0 aromatic heterocycles. The summed E-state index contributed by atoms with van der Waals surface area (Å²) in [6.07, 6.45) is -0.399. The van der Waals surface area contributed by atoms with Crippen LogP contribution in [0.5, 0.6) is 0 Å². The van der Waals surface area contributed by atoms with Crippen molar-refractivity contribution in [3.63, 3.8) is 0 Å². The van der Waals surface area contributed by atoms with Crippen LogP contribution in [0.2, 0.25) is 16.6 Å². The molecule has 0 aliphatic carbocycles. The molecule has 0 spiro atoms. The summed E-state index contributed by atoms with van der Waals surface area (Å²) in [5, 5.41) is 1.17. The molecule has 0 fully saturated rings. The second kappa shape index (κ2) is 12.4.